The van der Waals surface area contributed by atoms with E-state index < -0.39 is 5.54 Å². The Morgan fingerprint density at radius 3 is 2.12 bits per heavy atom. The maximum absolute atomic E-state index is 13.3. The van der Waals surface area contributed by atoms with Crippen molar-refractivity contribution in [1.29, 1.82) is 0 Å². The molecule has 1 amide bonds. The first-order valence-electron chi connectivity index (χ1n) is 14.1. The third-order valence-electron chi connectivity index (χ3n) is 7.36. The fourth-order valence-electron chi connectivity index (χ4n) is 5.53. The van der Waals surface area contributed by atoms with E-state index in [1.54, 1.807) is 0 Å². The van der Waals surface area contributed by atoms with E-state index in [2.05, 4.69) is 20.8 Å². The monoisotopic (exact) mass is 480 g/mol. The van der Waals surface area contributed by atoms with Gasteiger partial charge >= 0.3 is 5.97 Å². The lowest BCUT2D eigenvalue weighted by molar-refractivity contribution is -0.304. The average molecular weight is 481 g/mol. The van der Waals surface area contributed by atoms with Crippen LogP contribution in [0.15, 0.2) is 0 Å². The van der Waals surface area contributed by atoms with Gasteiger partial charge in [0, 0.05) is 13.0 Å². The Morgan fingerprint density at radius 2 is 1.50 bits per heavy atom. The van der Waals surface area contributed by atoms with E-state index in [0.29, 0.717) is 19.5 Å². The van der Waals surface area contributed by atoms with Crippen LogP contribution in [-0.2, 0) is 19.2 Å². The van der Waals surface area contributed by atoms with Gasteiger partial charge in [0.1, 0.15) is 12.1 Å². The minimum atomic E-state index is -0.750. The molecule has 34 heavy (non-hydrogen) atoms. The zero-order valence-corrected chi connectivity index (χ0v) is 22.8. The van der Waals surface area contributed by atoms with Crippen molar-refractivity contribution in [3.63, 3.8) is 0 Å². The number of piperazine rings is 1. The van der Waals surface area contributed by atoms with Crippen molar-refractivity contribution >= 4 is 11.9 Å². The normalized spacial score (nSPS) is 21.1. The summed E-state index contributed by atoms with van der Waals surface area (Å²) in [7, 11) is 0. The predicted octanol–water partition coefficient (Wildman–Crippen LogP) is 6.42. The van der Waals surface area contributed by atoms with Crippen LogP contribution in [0.25, 0.3) is 0 Å². The Hall–Kier alpha value is -1.14. The number of hydrogen-bond acceptors (Lipinski definition) is 5. The molecule has 1 saturated carbocycles. The number of hydroxylamine groups is 2. The first kappa shape index (κ1) is 29.1. The third kappa shape index (κ3) is 9.14. The van der Waals surface area contributed by atoms with Crippen molar-refractivity contribution < 1.29 is 19.2 Å². The van der Waals surface area contributed by atoms with Gasteiger partial charge in [-0.2, -0.15) is 5.06 Å². The predicted molar refractivity (Wildman–Crippen MR) is 137 cm³/mol. The number of unbranched alkanes of at least 4 members (excludes halogenated alkanes) is 8. The van der Waals surface area contributed by atoms with Crippen molar-refractivity contribution in [2.45, 2.75) is 148 Å². The average Bonchev–Trinajstić information content (AvgIpc) is 2.80. The van der Waals surface area contributed by atoms with Crippen LogP contribution >= 0.6 is 0 Å². The maximum atomic E-state index is 13.3. The SMILES string of the molecule is CCCCCCCCCCCC(=O)OCCN1CC(C)(C)N(OC2CCCCC2)C(C)(C)C1=O. The van der Waals surface area contributed by atoms with E-state index >= 15 is 0 Å². The summed E-state index contributed by atoms with van der Waals surface area (Å²) in [5.41, 5.74) is -1.06. The summed E-state index contributed by atoms with van der Waals surface area (Å²) in [4.78, 5) is 33.7. The number of nitrogens with zero attached hydrogens (tertiary/aromatic N) is 2. The number of esters is 1. The van der Waals surface area contributed by atoms with Crippen LogP contribution in [0.3, 0.4) is 0 Å². The van der Waals surface area contributed by atoms with E-state index in [1.807, 2.05) is 23.8 Å². The van der Waals surface area contributed by atoms with Crippen LogP contribution in [0.2, 0.25) is 0 Å². The fourth-order valence-corrected chi connectivity index (χ4v) is 5.53. The molecular weight excluding hydrogens is 428 g/mol. The standard InChI is InChI=1S/C28H52N2O4/c1-6-7-8-9-10-11-12-13-17-20-25(31)33-22-21-29-23-27(2,3)30(28(4,5)26(29)32)34-24-18-15-14-16-19-24/h24H,6-23H2,1-5H3. The highest BCUT2D eigenvalue weighted by Gasteiger charge is 2.52. The molecule has 0 aromatic carbocycles. The lowest BCUT2D eigenvalue weighted by atomic mass is 9.89. The minimum Gasteiger partial charge on any atom is -0.464 e. The number of carbonyl (C=O) groups excluding carboxylic acids is 2. The van der Waals surface area contributed by atoms with E-state index in [9.17, 15) is 9.59 Å². The summed E-state index contributed by atoms with van der Waals surface area (Å²) in [6.45, 7) is 11.7. The van der Waals surface area contributed by atoms with E-state index in [0.717, 1.165) is 25.7 Å². The first-order valence-corrected chi connectivity index (χ1v) is 14.1. The summed E-state index contributed by atoms with van der Waals surface area (Å²) in [5, 5.41) is 1.95. The fraction of sp³-hybridized carbons (Fsp3) is 0.929. The van der Waals surface area contributed by atoms with Crippen molar-refractivity contribution in [2.24, 2.45) is 0 Å². The van der Waals surface area contributed by atoms with Crippen LogP contribution in [-0.4, -0.2) is 58.7 Å². The Bertz CT molecular complexity index is 614. The van der Waals surface area contributed by atoms with Crippen LogP contribution in [0.1, 0.15) is 131 Å². The smallest absolute Gasteiger partial charge is 0.305 e. The Balaban J connectivity index is 1.68. The van der Waals surface area contributed by atoms with Gasteiger partial charge in [-0.05, 0) is 47.0 Å². The number of hydrogen-bond donors (Lipinski definition) is 0. The zero-order valence-electron chi connectivity index (χ0n) is 22.8. The van der Waals surface area contributed by atoms with Gasteiger partial charge in [0.2, 0.25) is 5.91 Å². The van der Waals surface area contributed by atoms with Gasteiger partial charge in [-0.3, -0.25) is 14.4 Å². The minimum absolute atomic E-state index is 0.0395. The zero-order chi connectivity index (χ0) is 25.0. The molecule has 0 aromatic rings. The van der Waals surface area contributed by atoms with Crippen molar-refractivity contribution in [2.75, 3.05) is 19.7 Å². The molecule has 0 atom stereocenters. The Morgan fingerprint density at radius 1 is 0.912 bits per heavy atom. The summed E-state index contributed by atoms with van der Waals surface area (Å²) >= 11 is 0. The van der Waals surface area contributed by atoms with Crippen LogP contribution in [0, 0.1) is 0 Å². The first-order chi connectivity index (χ1) is 16.2. The molecule has 198 valence electrons. The van der Waals surface area contributed by atoms with Crippen LogP contribution < -0.4 is 0 Å². The van der Waals surface area contributed by atoms with Crippen LogP contribution in [0.5, 0.6) is 0 Å². The van der Waals surface area contributed by atoms with Gasteiger partial charge in [-0.15, -0.1) is 0 Å². The van der Waals surface area contributed by atoms with Gasteiger partial charge < -0.3 is 9.64 Å². The molecule has 2 aliphatic rings. The van der Waals surface area contributed by atoms with Crippen LogP contribution in [0.4, 0.5) is 0 Å². The molecule has 1 saturated heterocycles. The van der Waals surface area contributed by atoms with E-state index in [1.165, 1.54) is 64.2 Å². The molecule has 0 aromatic heterocycles. The van der Waals surface area contributed by atoms with Crippen molar-refractivity contribution in [3.05, 3.63) is 0 Å². The molecule has 0 radical (unpaired) electrons. The van der Waals surface area contributed by atoms with Crippen molar-refractivity contribution in [3.8, 4) is 0 Å². The molecule has 0 spiro atoms. The lowest BCUT2D eigenvalue weighted by Crippen LogP contribution is -2.71. The highest BCUT2D eigenvalue weighted by Crippen LogP contribution is 2.36. The Labute approximate surface area is 209 Å². The number of rotatable bonds is 15. The molecule has 1 aliphatic carbocycles. The maximum Gasteiger partial charge on any atom is 0.305 e. The molecular formula is C28H52N2O4. The highest BCUT2D eigenvalue weighted by molar-refractivity contribution is 5.86. The van der Waals surface area contributed by atoms with E-state index in [-0.39, 0.29) is 30.1 Å². The second-order valence-corrected chi connectivity index (χ2v) is 11.6. The summed E-state index contributed by atoms with van der Waals surface area (Å²) in [6, 6.07) is 0. The Kier molecular flexibility index (Phi) is 12.3. The molecule has 0 bridgehead atoms. The number of carbonyl (C=O) groups is 2. The van der Waals surface area contributed by atoms with Gasteiger partial charge in [-0.1, -0.05) is 77.6 Å². The second-order valence-electron chi connectivity index (χ2n) is 11.6. The van der Waals surface area contributed by atoms with Gasteiger partial charge in [0.15, 0.2) is 0 Å². The van der Waals surface area contributed by atoms with Gasteiger partial charge in [0.05, 0.1) is 18.2 Å². The lowest BCUT2D eigenvalue weighted by Gasteiger charge is -2.54. The van der Waals surface area contributed by atoms with Gasteiger partial charge in [0.25, 0.3) is 0 Å². The summed E-state index contributed by atoms with van der Waals surface area (Å²) in [5.74, 6) is -0.106. The second kappa shape index (κ2) is 14.4. The summed E-state index contributed by atoms with van der Waals surface area (Å²) < 4.78 is 5.47. The summed E-state index contributed by atoms with van der Waals surface area (Å²) in [6.07, 6.45) is 17.6. The number of amides is 1. The molecule has 6 nitrogen and oxygen atoms in total. The molecule has 2 rings (SSSR count). The van der Waals surface area contributed by atoms with Gasteiger partial charge in [-0.25, -0.2) is 0 Å². The highest BCUT2D eigenvalue weighted by atomic mass is 16.7. The molecule has 0 N–H and O–H groups in total. The molecule has 2 fully saturated rings. The van der Waals surface area contributed by atoms with Crippen molar-refractivity contribution in [1.82, 2.24) is 9.96 Å². The topological polar surface area (TPSA) is 59.1 Å². The number of ether oxygens (including phenoxy) is 1. The molecule has 6 heteroatoms. The third-order valence-corrected chi connectivity index (χ3v) is 7.36. The molecule has 1 aliphatic heterocycles. The quantitative estimate of drug-likeness (QED) is 0.200. The van der Waals surface area contributed by atoms with E-state index in [4.69, 9.17) is 9.57 Å². The largest absolute Gasteiger partial charge is 0.464 e. The molecule has 1 heterocycles. The molecule has 0 unspecified atom stereocenters.